The molecule has 10 aromatic rings. The van der Waals surface area contributed by atoms with E-state index in [-0.39, 0.29) is 0 Å². The summed E-state index contributed by atoms with van der Waals surface area (Å²) in [6.45, 7) is 0. The summed E-state index contributed by atoms with van der Waals surface area (Å²) in [5, 5.41) is 6.53. The molecule has 0 atom stereocenters. The smallest absolute Gasteiger partial charge is 0.161 e. The topological polar surface area (TPSA) is 52.1 Å². The summed E-state index contributed by atoms with van der Waals surface area (Å²) in [4.78, 5) is 10.5. The highest BCUT2D eigenvalue weighted by Gasteiger charge is 2.22. The summed E-state index contributed by atoms with van der Waals surface area (Å²) >= 11 is 0. The molecule has 48 heavy (non-hydrogen) atoms. The van der Waals surface area contributed by atoms with Crippen molar-refractivity contribution in [2.75, 3.05) is 0 Å². The van der Waals surface area contributed by atoms with Crippen LogP contribution in [-0.2, 0) is 0 Å². The number of aromatic nitrogens is 2. The van der Waals surface area contributed by atoms with E-state index >= 15 is 0 Å². The lowest BCUT2D eigenvalue weighted by atomic mass is 9.96. The summed E-state index contributed by atoms with van der Waals surface area (Å²) in [5.74, 6) is 0.643. The molecule has 0 bridgehead atoms. The van der Waals surface area contributed by atoms with Crippen LogP contribution in [0.25, 0.3) is 99.7 Å². The van der Waals surface area contributed by atoms with Gasteiger partial charge in [0.05, 0.1) is 11.4 Å². The van der Waals surface area contributed by atoms with Gasteiger partial charge in [-0.2, -0.15) is 0 Å². The highest BCUT2D eigenvalue weighted by Crippen LogP contribution is 2.44. The van der Waals surface area contributed by atoms with Gasteiger partial charge in [0, 0.05) is 49.4 Å². The van der Waals surface area contributed by atoms with Crippen LogP contribution in [0.2, 0.25) is 0 Å². The highest BCUT2D eigenvalue weighted by atomic mass is 16.3. The summed E-state index contributed by atoms with van der Waals surface area (Å²) in [5.41, 5.74) is 9.95. The minimum absolute atomic E-state index is 0.643. The van der Waals surface area contributed by atoms with Crippen LogP contribution in [0.5, 0.6) is 0 Å². The fourth-order valence-electron chi connectivity index (χ4n) is 7.01. The zero-order valence-corrected chi connectivity index (χ0v) is 25.7. The van der Waals surface area contributed by atoms with E-state index in [0.717, 1.165) is 83.1 Å². The van der Waals surface area contributed by atoms with Gasteiger partial charge in [-0.1, -0.05) is 121 Å². The predicted octanol–water partition coefficient (Wildman–Crippen LogP) is 12.1. The Kier molecular flexibility index (Phi) is 5.84. The van der Waals surface area contributed by atoms with Gasteiger partial charge in [0.1, 0.15) is 22.3 Å². The fraction of sp³-hybridized carbons (Fsp3) is 0. The molecule has 0 saturated heterocycles. The fourth-order valence-corrected chi connectivity index (χ4v) is 7.01. The first kappa shape index (κ1) is 26.7. The maximum absolute atomic E-state index is 6.70. The molecule has 0 fully saturated rings. The third-order valence-corrected chi connectivity index (χ3v) is 9.30. The monoisotopic (exact) mass is 614 g/mol. The summed E-state index contributed by atoms with van der Waals surface area (Å²) in [6, 6.07) is 54.2. The molecule has 0 amide bonds. The average Bonchev–Trinajstić information content (AvgIpc) is 3.74. The van der Waals surface area contributed by atoms with Crippen LogP contribution in [0.15, 0.2) is 167 Å². The molecule has 3 heterocycles. The van der Waals surface area contributed by atoms with Gasteiger partial charge in [-0.3, -0.25) is 0 Å². The highest BCUT2D eigenvalue weighted by molar-refractivity contribution is 6.18. The first-order chi connectivity index (χ1) is 23.8. The number of hydrogen-bond donors (Lipinski definition) is 0. The molecule has 7 aromatic carbocycles. The molecule has 0 N–H and O–H groups in total. The molecule has 0 aliphatic rings. The van der Waals surface area contributed by atoms with E-state index in [4.69, 9.17) is 18.8 Å². The molecule has 0 spiro atoms. The van der Waals surface area contributed by atoms with E-state index in [1.165, 1.54) is 10.8 Å². The Morgan fingerprint density at radius 3 is 1.85 bits per heavy atom. The molecule has 0 aliphatic heterocycles. The van der Waals surface area contributed by atoms with Crippen LogP contribution in [0, 0.1) is 0 Å². The van der Waals surface area contributed by atoms with Crippen molar-refractivity contribution in [3.8, 4) is 45.0 Å². The predicted molar refractivity (Wildman–Crippen MR) is 196 cm³/mol. The Hall–Kier alpha value is -6.52. The molecule has 0 radical (unpaired) electrons. The Balaban J connectivity index is 1.25. The van der Waals surface area contributed by atoms with Crippen LogP contribution in [0.3, 0.4) is 0 Å². The van der Waals surface area contributed by atoms with Gasteiger partial charge in [-0.05, 0) is 47.2 Å². The van der Waals surface area contributed by atoms with Crippen LogP contribution in [0.4, 0.5) is 0 Å². The molecule has 0 saturated carbocycles. The number of furan rings is 2. The van der Waals surface area contributed by atoms with Crippen LogP contribution >= 0.6 is 0 Å². The van der Waals surface area contributed by atoms with E-state index in [9.17, 15) is 0 Å². The van der Waals surface area contributed by atoms with Crippen molar-refractivity contribution in [1.29, 1.82) is 0 Å². The third-order valence-electron chi connectivity index (χ3n) is 9.30. The van der Waals surface area contributed by atoms with Gasteiger partial charge in [0.2, 0.25) is 0 Å². The largest absolute Gasteiger partial charge is 0.455 e. The van der Waals surface area contributed by atoms with Crippen molar-refractivity contribution in [2.24, 2.45) is 0 Å². The Bertz CT molecular complexity index is 2850. The molecule has 224 valence electrons. The molecule has 3 aromatic heterocycles. The van der Waals surface area contributed by atoms with E-state index < -0.39 is 0 Å². The van der Waals surface area contributed by atoms with Gasteiger partial charge in [0.25, 0.3) is 0 Å². The van der Waals surface area contributed by atoms with Crippen LogP contribution in [-0.4, -0.2) is 9.97 Å². The maximum Gasteiger partial charge on any atom is 0.161 e. The van der Waals surface area contributed by atoms with Crippen molar-refractivity contribution in [2.45, 2.75) is 0 Å². The lowest BCUT2D eigenvalue weighted by molar-refractivity contribution is 0.665. The van der Waals surface area contributed by atoms with E-state index in [2.05, 4.69) is 109 Å². The maximum atomic E-state index is 6.70. The second-order valence-electron chi connectivity index (χ2n) is 12.1. The number of fused-ring (bicyclic) bond motifs is 7. The number of nitrogens with zero attached hydrogens (tertiary/aromatic N) is 2. The molecular weight excluding hydrogens is 588 g/mol. The minimum atomic E-state index is 0.643. The van der Waals surface area contributed by atoms with Crippen molar-refractivity contribution >= 4 is 54.6 Å². The normalized spacial score (nSPS) is 11.8. The van der Waals surface area contributed by atoms with Gasteiger partial charge >= 0.3 is 0 Å². The van der Waals surface area contributed by atoms with Crippen molar-refractivity contribution in [1.82, 2.24) is 9.97 Å². The Morgan fingerprint density at radius 2 is 1.00 bits per heavy atom. The van der Waals surface area contributed by atoms with Gasteiger partial charge in [-0.15, -0.1) is 0 Å². The quantitative estimate of drug-likeness (QED) is 0.198. The molecular formula is C44H26N2O2. The van der Waals surface area contributed by atoms with Crippen LogP contribution < -0.4 is 0 Å². The van der Waals surface area contributed by atoms with Gasteiger partial charge in [-0.25, -0.2) is 9.97 Å². The van der Waals surface area contributed by atoms with E-state index in [1.807, 2.05) is 48.5 Å². The second-order valence-corrected chi connectivity index (χ2v) is 12.1. The van der Waals surface area contributed by atoms with Crippen molar-refractivity contribution in [3.05, 3.63) is 158 Å². The molecule has 10 rings (SSSR count). The standard InChI is InChI=1S/C44H26N2O2/c1-2-12-28(13-3-1)37-26-38(30-22-21-27-11-4-5-14-29(27)25-30)46-44(45-37)36-24-23-34(43-41(36)35-16-7-9-20-40(35)48-43)33-18-10-17-32-31-15-6-8-19-39(31)47-42(32)33/h1-26H. The summed E-state index contributed by atoms with van der Waals surface area (Å²) in [7, 11) is 0. The number of hydrogen-bond acceptors (Lipinski definition) is 4. The summed E-state index contributed by atoms with van der Waals surface area (Å²) < 4.78 is 13.2. The Morgan fingerprint density at radius 1 is 0.375 bits per heavy atom. The molecule has 0 unspecified atom stereocenters. The van der Waals surface area contributed by atoms with E-state index in [0.29, 0.717) is 5.82 Å². The van der Waals surface area contributed by atoms with Gasteiger partial charge < -0.3 is 8.83 Å². The average molecular weight is 615 g/mol. The van der Waals surface area contributed by atoms with Gasteiger partial charge in [0.15, 0.2) is 5.82 Å². The molecule has 4 nitrogen and oxygen atoms in total. The number of benzene rings is 7. The molecule has 0 aliphatic carbocycles. The number of rotatable bonds is 4. The SMILES string of the molecule is c1ccc(-c2cc(-c3ccc4ccccc4c3)nc(-c3ccc(-c4cccc5c4oc4ccccc45)c4oc5ccccc5c34)n2)cc1. The zero-order chi connectivity index (χ0) is 31.6. The third kappa shape index (κ3) is 4.16. The number of para-hydroxylation sites is 3. The van der Waals surface area contributed by atoms with Crippen LogP contribution in [0.1, 0.15) is 0 Å². The zero-order valence-electron chi connectivity index (χ0n) is 25.7. The second kappa shape index (κ2) is 10.5. The Labute approximate surface area is 275 Å². The van der Waals surface area contributed by atoms with E-state index in [1.54, 1.807) is 0 Å². The first-order valence-corrected chi connectivity index (χ1v) is 16.1. The van der Waals surface area contributed by atoms with Crippen molar-refractivity contribution < 1.29 is 8.83 Å². The minimum Gasteiger partial charge on any atom is -0.455 e. The van der Waals surface area contributed by atoms with Crippen molar-refractivity contribution in [3.63, 3.8) is 0 Å². The lowest BCUT2D eigenvalue weighted by Gasteiger charge is -2.12. The first-order valence-electron chi connectivity index (χ1n) is 16.1. The summed E-state index contributed by atoms with van der Waals surface area (Å²) in [6.07, 6.45) is 0. The molecule has 4 heteroatoms. The lowest BCUT2D eigenvalue weighted by Crippen LogP contribution is -1.97.